The van der Waals surface area contributed by atoms with Gasteiger partial charge in [0, 0.05) is 31.7 Å². The fourth-order valence-corrected chi connectivity index (χ4v) is 4.30. The topological polar surface area (TPSA) is 66.9 Å². The summed E-state index contributed by atoms with van der Waals surface area (Å²) in [5.74, 6) is 0.862. The summed E-state index contributed by atoms with van der Waals surface area (Å²) >= 11 is 0. The van der Waals surface area contributed by atoms with Gasteiger partial charge in [-0.1, -0.05) is 13.3 Å². The van der Waals surface area contributed by atoms with Crippen LogP contribution in [0, 0.1) is 0 Å². The Morgan fingerprint density at radius 3 is 2.25 bits per heavy atom. The minimum absolute atomic E-state index is 0.0661. The van der Waals surface area contributed by atoms with Gasteiger partial charge in [-0.15, -0.1) is 0 Å². The Morgan fingerprint density at radius 1 is 1.08 bits per heavy atom. The molecule has 0 aliphatic carbocycles. The molecule has 1 aliphatic heterocycles. The van der Waals surface area contributed by atoms with E-state index < -0.39 is 10.0 Å². The maximum Gasteiger partial charge on any atom is 0.253 e. The van der Waals surface area contributed by atoms with Crippen LogP contribution in [0.4, 0.5) is 0 Å². The monoisotopic (exact) mass is 354 g/mol. The predicted octanol–water partition coefficient (Wildman–Crippen LogP) is 1.97. The SMILES string of the molecule is CCCCS(=O)(=O)N1CCN(C(=O)c2ccc(OCC)cc2)CC1. The van der Waals surface area contributed by atoms with Gasteiger partial charge in [0.05, 0.1) is 12.4 Å². The highest BCUT2D eigenvalue weighted by Crippen LogP contribution is 2.16. The number of rotatable bonds is 7. The first-order valence-corrected chi connectivity index (χ1v) is 10.1. The number of nitrogens with zero attached hydrogens (tertiary/aromatic N) is 2. The van der Waals surface area contributed by atoms with Crippen LogP contribution in [0.25, 0.3) is 0 Å². The summed E-state index contributed by atoms with van der Waals surface area (Å²) in [5.41, 5.74) is 0.598. The summed E-state index contributed by atoms with van der Waals surface area (Å²) < 4.78 is 31.3. The molecule has 0 atom stereocenters. The Labute approximate surface area is 144 Å². The molecule has 134 valence electrons. The van der Waals surface area contributed by atoms with Gasteiger partial charge in [-0.25, -0.2) is 8.42 Å². The summed E-state index contributed by atoms with van der Waals surface area (Å²) in [6.07, 6.45) is 1.53. The van der Waals surface area contributed by atoms with Crippen molar-refractivity contribution in [3.63, 3.8) is 0 Å². The van der Waals surface area contributed by atoms with E-state index in [-0.39, 0.29) is 11.7 Å². The largest absolute Gasteiger partial charge is 0.494 e. The molecule has 1 amide bonds. The number of ether oxygens (including phenoxy) is 1. The second-order valence-electron chi connectivity index (χ2n) is 5.82. The van der Waals surface area contributed by atoms with Crippen molar-refractivity contribution in [1.82, 2.24) is 9.21 Å². The van der Waals surface area contributed by atoms with Crippen LogP contribution in [-0.4, -0.2) is 62.1 Å². The van der Waals surface area contributed by atoms with Crippen molar-refractivity contribution in [2.45, 2.75) is 26.7 Å². The van der Waals surface area contributed by atoms with Crippen LogP contribution in [0.2, 0.25) is 0 Å². The Balaban J connectivity index is 1.92. The number of hydrogen-bond donors (Lipinski definition) is 0. The Kier molecular flexibility index (Phi) is 6.62. The predicted molar refractivity (Wildman–Crippen MR) is 93.8 cm³/mol. The van der Waals surface area contributed by atoms with Gasteiger partial charge >= 0.3 is 0 Å². The lowest BCUT2D eigenvalue weighted by atomic mass is 10.2. The third-order valence-electron chi connectivity index (χ3n) is 4.09. The summed E-state index contributed by atoms with van der Waals surface area (Å²) in [4.78, 5) is 14.2. The summed E-state index contributed by atoms with van der Waals surface area (Å²) in [7, 11) is -3.19. The first-order valence-electron chi connectivity index (χ1n) is 8.48. The smallest absolute Gasteiger partial charge is 0.253 e. The van der Waals surface area contributed by atoms with Crippen LogP contribution in [0.5, 0.6) is 5.75 Å². The second-order valence-corrected chi connectivity index (χ2v) is 7.91. The highest BCUT2D eigenvalue weighted by atomic mass is 32.2. The molecule has 6 nitrogen and oxygen atoms in total. The number of unbranched alkanes of at least 4 members (excludes halogenated alkanes) is 1. The van der Waals surface area contributed by atoms with Gasteiger partial charge in [-0.2, -0.15) is 4.31 Å². The Morgan fingerprint density at radius 2 is 1.71 bits per heavy atom. The molecule has 0 spiro atoms. The van der Waals surface area contributed by atoms with Gasteiger partial charge in [0.15, 0.2) is 0 Å². The van der Waals surface area contributed by atoms with E-state index in [1.807, 2.05) is 13.8 Å². The van der Waals surface area contributed by atoms with Gasteiger partial charge in [0.25, 0.3) is 5.91 Å². The average Bonchev–Trinajstić information content (AvgIpc) is 2.60. The van der Waals surface area contributed by atoms with Crippen LogP contribution in [-0.2, 0) is 10.0 Å². The van der Waals surface area contributed by atoms with E-state index in [0.29, 0.717) is 44.8 Å². The normalized spacial score (nSPS) is 16.2. The number of hydrogen-bond acceptors (Lipinski definition) is 4. The molecular formula is C17H26N2O4S. The molecule has 1 heterocycles. The molecule has 1 fully saturated rings. The highest BCUT2D eigenvalue weighted by Gasteiger charge is 2.28. The summed E-state index contributed by atoms with van der Waals surface area (Å²) in [5, 5.41) is 0. The molecule has 1 aromatic carbocycles. The molecule has 0 bridgehead atoms. The third-order valence-corrected chi connectivity index (χ3v) is 6.04. The van der Waals surface area contributed by atoms with Crippen molar-refractivity contribution in [2.24, 2.45) is 0 Å². The van der Waals surface area contributed by atoms with Crippen LogP contribution >= 0.6 is 0 Å². The van der Waals surface area contributed by atoms with Gasteiger partial charge < -0.3 is 9.64 Å². The quantitative estimate of drug-likeness (QED) is 0.751. The molecule has 7 heteroatoms. The zero-order valence-corrected chi connectivity index (χ0v) is 15.2. The molecule has 0 radical (unpaired) electrons. The maximum absolute atomic E-state index is 12.5. The lowest BCUT2D eigenvalue weighted by Crippen LogP contribution is -2.51. The third kappa shape index (κ3) is 4.70. The Bertz CT molecular complexity index is 635. The van der Waals surface area contributed by atoms with Crippen molar-refractivity contribution in [2.75, 3.05) is 38.5 Å². The van der Waals surface area contributed by atoms with E-state index in [1.165, 1.54) is 4.31 Å². The summed E-state index contributed by atoms with van der Waals surface area (Å²) in [6.45, 7) is 6.07. The standard InChI is InChI=1S/C17H26N2O4S/c1-3-5-14-24(21,22)19-12-10-18(11-13-19)17(20)15-6-8-16(9-7-15)23-4-2/h6-9H,3-5,10-14H2,1-2H3. The van der Waals surface area contributed by atoms with Crippen molar-refractivity contribution < 1.29 is 17.9 Å². The van der Waals surface area contributed by atoms with Crippen LogP contribution in [0.1, 0.15) is 37.0 Å². The van der Waals surface area contributed by atoms with E-state index in [4.69, 9.17) is 4.74 Å². The van der Waals surface area contributed by atoms with E-state index in [2.05, 4.69) is 0 Å². The first kappa shape index (κ1) is 18.7. The lowest BCUT2D eigenvalue weighted by Gasteiger charge is -2.34. The second kappa shape index (κ2) is 8.48. The van der Waals surface area contributed by atoms with Gasteiger partial charge in [0.2, 0.25) is 10.0 Å². The fourth-order valence-electron chi connectivity index (χ4n) is 2.67. The molecule has 2 rings (SSSR count). The minimum Gasteiger partial charge on any atom is -0.494 e. The maximum atomic E-state index is 12.5. The zero-order chi connectivity index (χ0) is 17.6. The molecule has 1 saturated heterocycles. The minimum atomic E-state index is -3.19. The van der Waals surface area contributed by atoms with Crippen LogP contribution in [0.15, 0.2) is 24.3 Å². The highest BCUT2D eigenvalue weighted by molar-refractivity contribution is 7.89. The van der Waals surface area contributed by atoms with E-state index >= 15 is 0 Å². The molecule has 1 aliphatic rings. The van der Waals surface area contributed by atoms with Crippen molar-refractivity contribution in [3.8, 4) is 5.75 Å². The first-order chi connectivity index (χ1) is 11.5. The number of carbonyl (C=O) groups excluding carboxylic acids is 1. The number of piperazine rings is 1. The lowest BCUT2D eigenvalue weighted by molar-refractivity contribution is 0.0698. The molecule has 0 unspecified atom stereocenters. The number of carbonyl (C=O) groups is 1. The average molecular weight is 354 g/mol. The number of sulfonamides is 1. The molecular weight excluding hydrogens is 328 g/mol. The van der Waals surface area contributed by atoms with E-state index in [1.54, 1.807) is 29.2 Å². The fraction of sp³-hybridized carbons (Fsp3) is 0.588. The van der Waals surface area contributed by atoms with Crippen LogP contribution in [0.3, 0.4) is 0 Å². The number of benzene rings is 1. The van der Waals surface area contributed by atoms with Crippen molar-refractivity contribution >= 4 is 15.9 Å². The zero-order valence-electron chi connectivity index (χ0n) is 14.4. The van der Waals surface area contributed by atoms with E-state index in [0.717, 1.165) is 12.2 Å². The summed E-state index contributed by atoms with van der Waals surface area (Å²) in [6, 6.07) is 7.06. The molecule has 0 aromatic heterocycles. The molecule has 1 aromatic rings. The molecule has 24 heavy (non-hydrogen) atoms. The molecule has 0 N–H and O–H groups in total. The Hall–Kier alpha value is -1.60. The van der Waals surface area contributed by atoms with Gasteiger partial charge in [0.1, 0.15) is 5.75 Å². The van der Waals surface area contributed by atoms with Crippen molar-refractivity contribution in [3.05, 3.63) is 29.8 Å². The van der Waals surface area contributed by atoms with Gasteiger partial charge in [-0.3, -0.25) is 4.79 Å². The number of amides is 1. The van der Waals surface area contributed by atoms with Gasteiger partial charge in [-0.05, 0) is 37.6 Å². The van der Waals surface area contributed by atoms with Crippen molar-refractivity contribution in [1.29, 1.82) is 0 Å². The van der Waals surface area contributed by atoms with Crippen LogP contribution < -0.4 is 4.74 Å². The molecule has 0 saturated carbocycles. The van der Waals surface area contributed by atoms with E-state index in [9.17, 15) is 13.2 Å².